The fourth-order valence-electron chi connectivity index (χ4n) is 3.96. The fraction of sp³-hybridized carbons (Fsp3) is 0.647. The number of hydrogen-bond donors (Lipinski definition) is 2. The molecule has 21 heavy (non-hydrogen) atoms. The van der Waals surface area contributed by atoms with Gasteiger partial charge < -0.3 is 15.6 Å². The van der Waals surface area contributed by atoms with Crippen molar-refractivity contribution in [1.29, 1.82) is 0 Å². The Balaban J connectivity index is 1.61. The molecule has 3 N–H and O–H groups in total. The summed E-state index contributed by atoms with van der Waals surface area (Å²) < 4.78 is 5.22. The Bertz CT molecular complexity index is 480. The highest BCUT2D eigenvalue weighted by molar-refractivity contribution is 5.30. The Kier molecular flexibility index (Phi) is 4.48. The summed E-state index contributed by atoms with van der Waals surface area (Å²) in [6.45, 7) is 2.80. The number of aliphatic hydroxyl groups is 1. The molecule has 1 aromatic rings. The van der Waals surface area contributed by atoms with Gasteiger partial charge in [0.1, 0.15) is 5.75 Å². The largest absolute Gasteiger partial charge is 0.497 e. The molecule has 1 saturated carbocycles. The maximum atomic E-state index is 10.5. The molecule has 1 aliphatic carbocycles. The molecular weight excluding hydrogens is 264 g/mol. The van der Waals surface area contributed by atoms with E-state index in [0.717, 1.165) is 36.7 Å². The van der Waals surface area contributed by atoms with Gasteiger partial charge in [0.2, 0.25) is 0 Å². The molecule has 0 bridgehead atoms. The predicted octanol–water partition coefficient (Wildman–Crippen LogP) is 1.79. The van der Waals surface area contributed by atoms with Crippen LogP contribution in [0.25, 0.3) is 0 Å². The number of nitrogens with two attached hydrogens (primary N) is 1. The van der Waals surface area contributed by atoms with Crippen molar-refractivity contribution in [2.45, 2.75) is 31.4 Å². The van der Waals surface area contributed by atoms with Crippen LogP contribution in [0.3, 0.4) is 0 Å². The van der Waals surface area contributed by atoms with Gasteiger partial charge in [-0.15, -0.1) is 0 Å². The molecule has 0 spiro atoms. The molecule has 0 aromatic heterocycles. The second-order valence-corrected chi connectivity index (χ2v) is 6.53. The van der Waals surface area contributed by atoms with Gasteiger partial charge in [-0.1, -0.05) is 18.6 Å². The van der Waals surface area contributed by atoms with Crippen molar-refractivity contribution in [2.75, 3.05) is 26.7 Å². The molecule has 3 rings (SSSR count). The Morgan fingerprint density at radius 1 is 1.38 bits per heavy atom. The summed E-state index contributed by atoms with van der Waals surface area (Å²) in [7, 11) is 1.65. The quantitative estimate of drug-likeness (QED) is 0.887. The van der Waals surface area contributed by atoms with Gasteiger partial charge in [-0.25, -0.2) is 0 Å². The zero-order valence-corrected chi connectivity index (χ0v) is 12.7. The average molecular weight is 290 g/mol. The molecule has 1 heterocycles. The summed E-state index contributed by atoms with van der Waals surface area (Å²) in [6, 6.07) is 8.06. The van der Waals surface area contributed by atoms with Crippen LogP contribution in [0.2, 0.25) is 0 Å². The Morgan fingerprint density at radius 3 is 3.00 bits per heavy atom. The van der Waals surface area contributed by atoms with Crippen LogP contribution in [-0.2, 0) is 0 Å². The zero-order chi connectivity index (χ0) is 14.8. The van der Waals surface area contributed by atoms with E-state index in [1.807, 2.05) is 24.3 Å². The molecule has 4 atom stereocenters. The average Bonchev–Trinajstić information content (AvgIpc) is 2.91. The van der Waals surface area contributed by atoms with E-state index in [0.29, 0.717) is 18.5 Å². The molecule has 0 amide bonds. The lowest BCUT2D eigenvalue weighted by Crippen LogP contribution is -2.38. The maximum absolute atomic E-state index is 10.5. The summed E-state index contributed by atoms with van der Waals surface area (Å²) in [5.74, 6) is 2.14. The van der Waals surface area contributed by atoms with Crippen LogP contribution in [0.1, 0.15) is 30.9 Å². The third-order valence-corrected chi connectivity index (χ3v) is 5.14. The second-order valence-electron chi connectivity index (χ2n) is 6.53. The highest BCUT2D eigenvalue weighted by Crippen LogP contribution is 2.36. The first-order chi connectivity index (χ1) is 10.2. The first-order valence-electron chi connectivity index (χ1n) is 7.97. The number of ether oxygens (including phenoxy) is 1. The molecule has 116 valence electrons. The molecule has 1 saturated heterocycles. The molecule has 4 nitrogen and oxygen atoms in total. The second kappa shape index (κ2) is 6.34. The molecule has 0 radical (unpaired) electrons. The van der Waals surface area contributed by atoms with Crippen molar-refractivity contribution in [3.05, 3.63) is 29.8 Å². The Hall–Kier alpha value is -1.10. The van der Waals surface area contributed by atoms with Crippen LogP contribution in [-0.4, -0.2) is 42.8 Å². The number of hydrogen-bond acceptors (Lipinski definition) is 4. The van der Waals surface area contributed by atoms with Gasteiger partial charge in [-0.3, -0.25) is 4.90 Å². The number of rotatable bonds is 4. The third kappa shape index (κ3) is 3.23. The van der Waals surface area contributed by atoms with E-state index >= 15 is 0 Å². The zero-order valence-electron chi connectivity index (χ0n) is 12.7. The van der Waals surface area contributed by atoms with Crippen LogP contribution < -0.4 is 10.5 Å². The highest BCUT2D eigenvalue weighted by Gasteiger charge is 2.38. The van der Waals surface area contributed by atoms with E-state index in [-0.39, 0.29) is 0 Å². The minimum Gasteiger partial charge on any atom is -0.497 e. The summed E-state index contributed by atoms with van der Waals surface area (Å²) in [4.78, 5) is 2.38. The molecule has 2 fully saturated rings. The van der Waals surface area contributed by atoms with E-state index in [1.165, 1.54) is 12.8 Å². The van der Waals surface area contributed by atoms with E-state index in [4.69, 9.17) is 10.5 Å². The van der Waals surface area contributed by atoms with Crippen molar-refractivity contribution >= 4 is 0 Å². The molecule has 1 aromatic carbocycles. The van der Waals surface area contributed by atoms with Gasteiger partial charge in [0, 0.05) is 25.7 Å². The first kappa shape index (κ1) is 14.8. The lowest BCUT2D eigenvalue weighted by atomic mass is 9.78. The number of fused-ring (bicyclic) bond motifs is 1. The van der Waals surface area contributed by atoms with Gasteiger partial charge in [-0.05, 0) is 42.4 Å². The number of β-amino-alcohol motifs (C(OH)–C–C–N with tert-alkyl or cyclic N) is 1. The Morgan fingerprint density at radius 2 is 2.24 bits per heavy atom. The number of likely N-dealkylation sites (tertiary alicyclic amines) is 1. The molecular formula is C17H26N2O2. The maximum Gasteiger partial charge on any atom is 0.119 e. The summed E-state index contributed by atoms with van der Waals surface area (Å²) in [6.07, 6.45) is 3.25. The molecule has 2 aliphatic rings. The van der Waals surface area contributed by atoms with E-state index in [2.05, 4.69) is 4.90 Å². The minimum atomic E-state index is -0.462. The van der Waals surface area contributed by atoms with Gasteiger partial charge in [0.15, 0.2) is 0 Å². The topological polar surface area (TPSA) is 58.7 Å². The van der Waals surface area contributed by atoms with Crippen LogP contribution in [0.15, 0.2) is 24.3 Å². The SMILES string of the molecule is COc1cccc(C(O)CN2CC3CCCC(N)C3C2)c1. The van der Waals surface area contributed by atoms with Crippen LogP contribution >= 0.6 is 0 Å². The van der Waals surface area contributed by atoms with Crippen molar-refractivity contribution < 1.29 is 9.84 Å². The van der Waals surface area contributed by atoms with Gasteiger partial charge in [0.25, 0.3) is 0 Å². The smallest absolute Gasteiger partial charge is 0.119 e. The third-order valence-electron chi connectivity index (χ3n) is 5.14. The summed E-state index contributed by atoms with van der Waals surface area (Å²) in [5, 5.41) is 10.5. The van der Waals surface area contributed by atoms with Crippen LogP contribution in [0, 0.1) is 11.8 Å². The lowest BCUT2D eigenvalue weighted by molar-refractivity contribution is 0.122. The first-order valence-corrected chi connectivity index (χ1v) is 7.97. The van der Waals surface area contributed by atoms with E-state index in [1.54, 1.807) is 7.11 Å². The predicted molar refractivity (Wildman–Crippen MR) is 83.2 cm³/mol. The van der Waals surface area contributed by atoms with Crippen molar-refractivity contribution in [1.82, 2.24) is 4.90 Å². The normalized spacial score (nSPS) is 30.9. The minimum absolute atomic E-state index is 0.350. The number of aliphatic hydroxyl groups excluding tert-OH is 1. The molecule has 4 heteroatoms. The fourth-order valence-corrected chi connectivity index (χ4v) is 3.96. The van der Waals surface area contributed by atoms with E-state index in [9.17, 15) is 5.11 Å². The van der Waals surface area contributed by atoms with Crippen molar-refractivity contribution in [2.24, 2.45) is 17.6 Å². The highest BCUT2D eigenvalue weighted by atomic mass is 16.5. The van der Waals surface area contributed by atoms with Gasteiger partial charge in [-0.2, -0.15) is 0 Å². The molecule has 4 unspecified atom stereocenters. The number of methoxy groups -OCH3 is 1. The van der Waals surface area contributed by atoms with Crippen LogP contribution in [0.4, 0.5) is 0 Å². The Labute approximate surface area is 126 Å². The standard InChI is InChI=1S/C17H26N2O2/c1-21-14-6-2-4-12(8-14)17(20)11-19-9-13-5-3-7-16(18)15(13)10-19/h2,4,6,8,13,15-17,20H,3,5,7,9-11,18H2,1H3. The van der Waals surface area contributed by atoms with E-state index < -0.39 is 6.10 Å². The lowest BCUT2D eigenvalue weighted by Gasteiger charge is -2.29. The summed E-state index contributed by atoms with van der Waals surface area (Å²) in [5.41, 5.74) is 7.18. The summed E-state index contributed by atoms with van der Waals surface area (Å²) >= 11 is 0. The van der Waals surface area contributed by atoms with Crippen LogP contribution in [0.5, 0.6) is 5.75 Å². The van der Waals surface area contributed by atoms with Gasteiger partial charge >= 0.3 is 0 Å². The number of benzene rings is 1. The monoisotopic (exact) mass is 290 g/mol. The molecule has 1 aliphatic heterocycles. The number of nitrogens with zero attached hydrogens (tertiary/aromatic N) is 1. The van der Waals surface area contributed by atoms with Crippen molar-refractivity contribution in [3.63, 3.8) is 0 Å². The van der Waals surface area contributed by atoms with Gasteiger partial charge in [0.05, 0.1) is 13.2 Å². The van der Waals surface area contributed by atoms with Crippen molar-refractivity contribution in [3.8, 4) is 5.75 Å².